The molecule has 0 saturated carbocycles. The third-order valence-corrected chi connectivity index (χ3v) is 1.87. The lowest BCUT2D eigenvalue weighted by Crippen LogP contribution is -2.00. The number of alkyl halides is 2. The summed E-state index contributed by atoms with van der Waals surface area (Å²) in [6.45, 7) is 0. The Labute approximate surface area is 82.9 Å². The van der Waals surface area contributed by atoms with Crippen LogP contribution in [0.25, 0.3) is 0 Å². The van der Waals surface area contributed by atoms with Crippen LogP contribution in [0.15, 0.2) is 6.20 Å². The molecule has 0 aromatic carbocycles. The molecule has 0 aliphatic rings. The molecule has 0 saturated heterocycles. The largest absolute Gasteiger partial charge is 0.298 e. The van der Waals surface area contributed by atoms with Gasteiger partial charge in [-0.3, -0.25) is 4.79 Å². The van der Waals surface area contributed by atoms with Gasteiger partial charge in [0.25, 0.3) is 6.43 Å². The first-order valence-corrected chi connectivity index (χ1v) is 3.81. The van der Waals surface area contributed by atoms with E-state index >= 15 is 0 Å². The van der Waals surface area contributed by atoms with Gasteiger partial charge in [-0.1, -0.05) is 11.6 Å². The monoisotopic (exact) mass is 216 g/mol. The van der Waals surface area contributed by atoms with Crippen molar-refractivity contribution in [2.45, 2.75) is 6.43 Å². The highest BCUT2D eigenvalue weighted by atomic mass is 35.5. The summed E-state index contributed by atoms with van der Waals surface area (Å²) < 4.78 is 24.8. The van der Waals surface area contributed by atoms with Crippen molar-refractivity contribution in [2.75, 3.05) is 0 Å². The Morgan fingerprint density at radius 1 is 1.64 bits per heavy atom. The quantitative estimate of drug-likeness (QED) is 0.563. The van der Waals surface area contributed by atoms with Crippen LogP contribution in [0.5, 0.6) is 0 Å². The topological polar surface area (TPSA) is 53.8 Å². The van der Waals surface area contributed by atoms with Crippen molar-refractivity contribution in [1.29, 1.82) is 5.26 Å². The zero-order chi connectivity index (χ0) is 10.7. The number of rotatable bonds is 2. The molecule has 3 nitrogen and oxygen atoms in total. The molecule has 0 fully saturated rings. The maximum atomic E-state index is 12.4. The highest BCUT2D eigenvalue weighted by Crippen LogP contribution is 2.29. The van der Waals surface area contributed by atoms with Crippen LogP contribution in [0.3, 0.4) is 0 Å². The summed E-state index contributed by atoms with van der Waals surface area (Å²) in [6, 6.07) is 1.58. The molecular weight excluding hydrogens is 214 g/mol. The normalized spacial score (nSPS) is 9.93. The molecule has 0 spiro atoms. The zero-order valence-electron chi connectivity index (χ0n) is 6.67. The van der Waals surface area contributed by atoms with E-state index in [0.29, 0.717) is 0 Å². The van der Waals surface area contributed by atoms with Gasteiger partial charge in [-0.25, -0.2) is 13.8 Å². The van der Waals surface area contributed by atoms with E-state index in [1.807, 2.05) is 0 Å². The number of halogens is 3. The molecule has 6 heteroatoms. The van der Waals surface area contributed by atoms with E-state index < -0.39 is 22.7 Å². The first-order valence-electron chi connectivity index (χ1n) is 3.43. The van der Waals surface area contributed by atoms with Crippen LogP contribution in [0.4, 0.5) is 8.78 Å². The molecule has 1 heterocycles. The van der Waals surface area contributed by atoms with E-state index in [2.05, 4.69) is 4.98 Å². The second-order valence-electron chi connectivity index (χ2n) is 2.32. The molecule has 0 N–H and O–H groups in total. The molecule has 0 radical (unpaired) electrons. The maximum absolute atomic E-state index is 12.4. The van der Waals surface area contributed by atoms with Gasteiger partial charge in [0, 0.05) is 11.8 Å². The van der Waals surface area contributed by atoms with Crippen LogP contribution in [0.2, 0.25) is 5.15 Å². The first-order chi connectivity index (χ1) is 6.61. The van der Waals surface area contributed by atoms with Crippen LogP contribution < -0.4 is 0 Å². The highest BCUT2D eigenvalue weighted by molar-refractivity contribution is 6.30. The van der Waals surface area contributed by atoms with Crippen molar-refractivity contribution < 1.29 is 13.6 Å². The number of nitrogens with zero attached hydrogens (tertiary/aromatic N) is 2. The molecule has 0 bridgehead atoms. The summed E-state index contributed by atoms with van der Waals surface area (Å²) in [4.78, 5) is 13.9. The van der Waals surface area contributed by atoms with E-state index in [-0.39, 0.29) is 11.8 Å². The van der Waals surface area contributed by atoms with Gasteiger partial charge >= 0.3 is 0 Å². The second kappa shape index (κ2) is 4.11. The number of carbonyl (C=O) groups excluding carboxylic acids is 1. The lowest BCUT2D eigenvalue weighted by Gasteiger charge is -2.05. The van der Waals surface area contributed by atoms with Crippen molar-refractivity contribution in [1.82, 2.24) is 4.98 Å². The van der Waals surface area contributed by atoms with Gasteiger partial charge in [0.1, 0.15) is 11.2 Å². The van der Waals surface area contributed by atoms with Gasteiger partial charge in [-0.15, -0.1) is 0 Å². The average molecular weight is 217 g/mol. The molecule has 1 aromatic heterocycles. The lowest BCUT2D eigenvalue weighted by molar-refractivity contribution is 0.110. The number of hydrogen-bond donors (Lipinski definition) is 0. The van der Waals surface area contributed by atoms with E-state index in [1.54, 1.807) is 6.07 Å². The molecule has 72 valence electrons. The summed E-state index contributed by atoms with van der Waals surface area (Å²) in [6.07, 6.45) is -1.77. The molecule has 1 rings (SSSR count). The molecule has 14 heavy (non-hydrogen) atoms. The van der Waals surface area contributed by atoms with Gasteiger partial charge in [0.15, 0.2) is 6.29 Å². The van der Waals surface area contributed by atoms with Crippen LogP contribution in [0.1, 0.15) is 27.9 Å². The van der Waals surface area contributed by atoms with Gasteiger partial charge in [0.2, 0.25) is 0 Å². The molecule has 0 aliphatic heterocycles. The Bertz CT molecular complexity index is 415. The second-order valence-corrected chi connectivity index (χ2v) is 2.68. The van der Waals surface area contributed by atoms with Crippen LogP contribution in [-0.2, 0) is 0 Å². The predicted octanol–water partition coefficient (Wildman–Crippen LogP) is 2.36. The van der Waals surface area contributed by atoms with E-state index in [9.17, 15) is 13.6 Å². The van der Waals surface area contributed by atoms with E-state index in [4.69, 9.17) is 16.9 Å². The Hall–Kier alpha value is -1.54. The van der Waals surface area contributed by atoms with Crippen molar-refractivity contribution in [3.63, 3.8) is 0 Å². The summed E-state index contributed by atoms with van der Waals surface area (Å²) in [5, 5.41) is 8.05. The molecule has 1 aromatic rings. The van der Waals surface area contributed by atoms with E-state index in [1.165, 1.54) is 0 Å². The van der Waals surface area contributed by atoms with Crippen LogP contribution in [-0.4, -0.2) is 11.3 Å². The Balaban J connectivity index is 3.52. The summed E-state index contributed by atoms with van der Waals surface area (Å²) in [5.74, 6) is 0. The molecule has 0 amide bonds. The predicted molar refractivity (Wildman–Crippen MR) is 44.3 cm³/mol. The van der Waals surface area contributed by atoms with Gasteiger partial charge in [-0.05, 0) is 0 Å². The Morgan fingerprint density at radius 3 is 2.71 bits per heavy atom. The number of aromatic nitrogens is 1. The summed E-state index contributed by atoms with van der Waals surface area (Å²) >= 11 is 5.37. The SMILES string of the molecule is N#Cc1cnc(Cl)c(C(F)F)c1C=O. The van der Waals surface area contributed by atoms with Gasteiger partial charge in [0.05, 0.1) is 11.1 Å². The minimum absolute atomic E-state index is 0.174. The zero-order valence-corrected chi connectivity index (χ0v) is 7.42. The fraction of sp³-hybridized carbons (Fsp3) is 0.125. The number of hydrogen-bond acceptors (Lipinski definition) is 3. The number of pyridine rings is 1. The number of carbonyl (C=O) groups is 1. The van der Waals surface area contributed by atoms with Gasteiger partial charge < -0.3 is 0 Å². The summed E-state index contributed by atoms with van der Waals surface area (Å²) in [5.41, 5.74) is -1.30. The summed E-state index contributed by atoms with van der Waals surface area (Å²) in [7, 11) is 0. The average Bonchev–Trinajstić information content (AvgIpc) is 2.16. The first kappa shape index (κ1) is 10.5. The minimum atomic E-state index is -2.93. The smallest absolute Gasteiger partial charge is 0.267 e. The van der Waals surface area contributed by atoms with Crippen LogP contribution in [0, 0.1) is 11.3 Å². The van der Waals surface area contributed by atoms with Crippen molar-refractivity contribution >= 4 is 17.9 Å². The Kier molecular flexibility index (Phi) is 3.10. The lowest BCUT2D eigenvalue weighted by atomic mass is 10.1. The fourth-order valence-corrected chi connectivity index (χ4v) is 1.17. The third kappa shape index (κ3) is 1.70. The highest BCUT2D eigenvalue weighted by Gasteiger charge is 2.20. The number of nitriles is 1. The van der Waals surface area contributed by atoms with Gasteiger partial charge in [-0.2, -0.15) is 5.26 Å². The molecular formula is C8H3ClF2N2O. The fourth-order valence-electron chi connectivity index (χ4n) is 0.940. The maximum Gasteiger partial charge on any atom is 0.267 e. The molecule has 0 aliphatic carbocycles. The van der Waals surface area contributed by atoms with Crippen molar-refractivity contribution in [3.05, 3.63) is 28.0 Å². The Morgan fingerprint density at radius 2 is 2.29 bits per heavy atom. The number of aldehydes is 1. The molecule has 0 atom stereocenters. The van der Waals surface area contributed by atoms with Crippen molar-refractivity contribution in [3.8, 4) is 6.07 Å². The third-order valence-electron chi connectivity index (χ3n) is 1.57. The van der Waals surface area contributed by atoms with Crippen molar-refractivity contribution in [2.24, 2.45) is 0 Å². The standard InChI is InChI=1S/C8H3ClF2N2O/c9-7-6(8(10)11)5(3-14)4(1-12)2-13-7/h2-3,8H. The van der Waals surface area contributed by atoms with E-state index in [0.717, 1.165) is 6.20 Å². The van der Waals surface area contributed by atoms with Crippen LogP contribution >= 0.6 is 11.6 Å². The minimum Gasteiger partial charge on any atom is -0.298 e. The molecule has 0 unspecified atom stereocenters.